The minimum absolute atomic E-state index is 0.167. The van der Waals surface area contributed by atoms with Gasteiger partial charge in [0.25, 0.3) is 10.1 Å². The van der Waals surface area contributed by atoms with E-state index in [1.807, 2.05) is 6.92 Å². The van der Waals surface area contributed by atoms with Crippen LogP contribution >= 0.6 is 0 Å². The zero-order valence-electron chi connectivity index (χ0n) is 13.1. The van der Waals surface area contributed by atoms with Gasteiger partial charge in [-0.3, -0.25) is 4.55 Å². The summed E-state index contributed by atoms with van der Waals surface area (Å²) in [4.78, 5) is 0. The predicted octanol–water partition coefficient (Wildman–Crippen LogP) is 3.93. The second kappa shape index (κ2) is 11.5. The van der Waals surface area contributed by atoms with Crippen LogP contribution in [0.2, 0.25) is 0 Å². The molecule has 0 aliphatic rings. The highest BCUT2D eigenvalue weighted by molar-refractivity contribution is 7.86. The minimum Gasteiger partial charge on any atom is -0.393 e. The lowest BCUT2D eigenvalue weighted by molar-refractivity contribution is 0.180. The van der Waals surface area contributed by atoms with Gasteiger partial charge in [-0.05, 0) is 26.7 Å². The Balaban J connectivity index is 3.21. The van der Waals surface area contributed by atoms with Crippen molar-refractivity contribution >= 4 is 10.1 Å². The molecule has 0 aliphatic heterocycles. The van der Waals surface area contributed by atoms with E-state index in [9.17, 15) is 8.42 Å². The maximum absolute atomic E-state index is 10.8. The molecule has 0 spiro atoms. The van der Waals surface area contributed by atoms with Crippen LogP contribution in [-0.4, -0.2) is 29.4 Å². The maximum atomic E-state index is 10.8. The second-order valence-electron chi connectivity index (χ2n) is 5.93. The van der Waals surface area contributed by atoms with Gasteiger partial charge < -0.3 is 5.11 Å². The minimum atomic E-state index is -3.84. The third-order valence-electron chi connectivity index (χ3n) is 3.74. The van der Waals surface area contributed by atoms with Gasteiger partial charge in [-0.25, -0.2) is 0 Å². The summed E-state index contributed by atoms with van der Waals surface area (Å²) in [6, 6.07) is 0. The van der Waals surface area contributed by atoms with Gasteiger partial charge in [0.2, 0.25) is 0 Å². The molecule has 0 fully saturated rings. The van der Waals surface area contributed by atoms with Crippen molar-refractivity contribution in [3.05, 3.63) is 0 Å². The van der Waals surface area contributed by atoms with Gasteiger partial charge >= 0.3 is 0 Å². The van der Waals surface area contributed by atoms with Crippen LogP contribution in [0.4, 0.5) is 0 Å². The highest BCUT2D eigenvalue weighted by atomic mass is 32.2. The average Bonchev–Trinajstić information content (AvgIpc) is 2.34. The molecule has 0 bridgehead atoms. The monoisotopic (exact) mass is 308 g/mol. The fraction of sp³-hybridized carbons (Fsp3) is 1.00. The molecule has 0 aromatic carbocycles. The molecule has 0 radical (unpaired) electrons. The zero-order valence-corrected chi connectivity index (χ0v) is 13.9. The fourth-order valence-electron chi connectivity index (χ4n) is 2.26. The van der Waals surface area contributed by atoms with Crippen LogP contribution < -0.4 is 0 Å². The third-order valence-corrected chi connectivity index (χ3v) is 4.99. The lowest BCUT2D eigenvalue weighted by atomic mass is 10.0. The summed E-state index contributed by atoms with van der Waals surface area (Å²) in [6.07, 6.45) is 11.6. The van der Waals surface area contributed by atoms with E-state index in [1.165, 1.54) is 32.1 Å². The van der Waals surface area contributed by atoms with E-state index in [0.29, 0.717) is 6.42 Å². The van der Waals surface area contributed by atoms with Crippen molar-refractivity contribution in [2.45, 2.75) is 95.8 Å². The average molecular weight is 308 g/mol. The van der Waals surface area contributed by atoms with Crippen molar-refractivity contribution in [1.82, 2.24) is 0 Å². The molecule has 0 heterocycles. The quantitative estimate of drug-likeness (QED) is 0.399. The molecule has 2 unspecified atom stereocenters. The summed E-state index contributed by atoms with van der Waals surface area (Å²) in [5.74, 6) is 0. The molecule has 0 aromatic heterocycles. The van der Waals surface area contributed by atoms with Gasteiger partial charge in [-0.1, -0.05) is 57.8 Å². The highest BCUT2D eigenvalue weighted by Gasteiger charge is 2.15. The summed E-state index contributed by atoms with van der Waals surface area (Å²) >= 11 is 0. The van der Waals surface area contributed by atoms with E-state index in [0.717, 1.165) is 32.1 Å². The maximum Gasteiger partial charge on any atom is 0.267 e. The molecule has 5 heteroatoms. The Morgan fingerprint density at radius 3 is 1.45 bits per heavy atom. The molecule has 0 aliphatic carbocycles. The van der Waals surface area contributed by atoms with E-state index < -0.39 is 15.4 Å². The molecule has 0 amide bonds. The van der Waals surface area contributed by atoms with Crippen molar-refractivity contribution in [1.29, 1.82) is 0 Å². The molecule has 0 saturated heterocycles. The summed E-state index contributed by atoms with van der Waals surface area (Å²) in [5.41, 5.74) is 0. The molecule has 0 rings (SSSR count). The smallest absolute Gasteiger partial charge is 0.267 e. The fourth-order valence-corrected chi connectivity index (χ4v) is 2.72. The summed E-state index contributed by atoms with van der Waals surface area (Å²) < 4.78 is 30.4. The normalized spacial score (nSPS) is 15.2. The molecule has 122 valence electrons. The van der Waals surface area contributed by atoms with Crippen LogP contribution in [0.3, 0.4) is 0 Å². The second-order valence-corrected chi connectivity index (χ2v) is 7.77. The van der Waals surface area contributed by atoms with Gasteiger partial charge in [0.15, 0.2) is 0 Å². The number of unbranched alkanes of at least 4 members (excludes halogenated alkanes) is 8. The van der Waals surface area contributed by atoms with Crippen molar-refractivity contribution in [3.63, 3.8) is 0 Å². The standard InChI is InChI=1S/C15H32O4S/c1-14(16)12-10-8-6-4-3-5-7-9-11-13-15(2)20(17,18)19/h14-16H,3-13H2,1-2H3,(H,17,18,19). The van der Waals surface area contributed by atoms with Crippen LogP contribution in [0.15, 0.2) is 0 Å². The lowest BCUT2D eigenvalue weighted by Crippen LogP contribution is -2.16. The largest absolute Gasteiger partial charge is 0.393 e. The molecule has 0 aromatic rings. The zero-order chi connectivity index (χ0) is 15.4. The Labute approximate surface area is 124 Å². The van der Waals surface area contributed by atoms with Crippen LogP contribution in [0, 0.1) is 0 Å². The van der Waals surface area contributed by atoms with E-state index >= 15 is 0 Å². The Kier molecular flexibility index (Phi) is 11.4. The number of hydrogen-bond acceptors (Lipinski definition) is 3. The van der Waals surface area contributed by atoms with E-state index in [4.69, 9.17) is 9.66 Å². The van der Waals surface area contributed by atoms with Crippen LogP contribution in [0.5, 0.6) is 0 Å². The molecule has 4 nitrogen and oxygen atoms in total. The Bertz CT molecular complexity index is 312. The van der Waals surface area contributed by atoms with Crippen LogP contribution in [0.1, 0.15) is 84.5 Å². The molecule has 20 heavy (non-hydrogen) atoms. The first-order chi connectivity index (χ1) is 9.34. The number of aliphatic hydroxyl groups excluding tert-OH is 1. The van der Waals surface area contributed by atoms with E-state index in [1.54, 1.807) is 6.92 Å². The number of aliphatic hydroxyl groups is 1. The number of hydrogen-bond donors (Lipinski definition) is 2. The first-order valence-electron chi connectivity index (χ1n) is 7.98. The van der Waals surface area contributed by atoms with Crippen LogP contribution in [-0.2, 0) is 10.1 Å². The Morgan fingerprint density at radius 1 is 0.750 bits per heavy atom. The SMILES string of the molecule is CC(O)CCCCCCCCCCCC(C)S(=O)(=O)O. The van der Waals surface area contributed by atoms with Gasteiger partial charge in [0.1, 0.15) is 0 Å². The first kappa shape index (κ1) is 19.9. The van der Waals surface area contributed by atoms with Gasteiger partial charge in [0, 0.05) is 0 Å². The topological polar surface area (TPSA) is 74.6 Å². The van der Waals surface area contributed by atoms with Crippen molar-refractivity contribution in [2.75, 3.05) is 0 Å². The Morgan fingerprint density at radius 2 is 1.10 bits per heavy atom. The molecule has 2 N–H and O–H groups in total. The molecular weight excluding hydrogens is 276 g/mol. The Hall–Kier alpha value is -0.130. The summed E-state index contributed by atoms with van der Waals surface area (Å²) in [6.45, 7) is 3.39. The van der Waals surface area contributed by atoms with Crippen molar-refractivity contribution in [2.24, 2.45) is 0 Å². The highest BCUT2D eigenvalue weighted by Crippen LogP contribution is 2.14. The van der Waals surface area contributed by atoms with Crippen molar-refractivity contribution < 1.29 is 18.1 Å². The molecule has 2 atom stereocenters. The van der Waals surface area contributed by atoms with Crippen LogP contribution in [0.25, 0.3) is 0 Å². The lowest BCUT2D eigenvalue weighted by Gasteiger charge is -2.07. The van der Waals surface area contributed by atoms with Gasteiger partial charge in [-0.15, -0.1) is 0 Å². The van der Waals surface area contributed by atoms with E-state index in [2.05, 4.69) is 0 Å². The van der Waals surface area contributed by atoms with Gasteiger partial charge in [0.05, 0.1) is 11.4 Å². The predicted molar refractivity (Wildman–Crippen MR) is 83.5 cm³/mol. The van der Waals surface area contributed by atoms with Crippen molar-refractivity contribution in [3.8, 4) is 0 Å². The van der Waals surface area contributed by atoms with E-state index in [-0.39, 0.29) is 6.10 Å². The third kappa shape index (κ3) is 12.9. The molecule has 0 saturated carbocycles. The summed E-state index contributed by atoms with van der Waals surface area (Å²) in [5, 5.41) is 8.48. The first-order valence-corrected chi connectivity index (χ1v) is 9.48. The van der Waals surface area contributed by atoms with Gasteiger partial charge in [-0.2, -0.15) is 8.42 Å². The number of rotatable bonds is 13. The summed E-state index contributed by atoms with van der Waals surface area (Å²) in [7, 11) is -3.84. The molecular formula is C15H32O4S.